The van der Waals surface area contributed by atoms with Gasteiger partial charge in [-0.1, -0.05) is 20.8 Å². The third-order valence-electron chi connectivity index (χ3n) is 4.42. The molecule has 0 spiro atoms. The van der Waals surface area contributed by atoms with Gasteiger partial charge in [-0.05, 0) is 30.6 Å². The summed E-state index contributed by atoms with van der Waals surface area (Å²) in [5.74, 6) is -3.90. The number of alkyl halides is 2. The standard InChI is InChI=1S/C13H20F2O2/c1-8(16)17-12-6-5-9(11(2,3)4)7-10(12)13(12,14)15/h9-10H,5-7H2,1-4H3. The van der Waals surface area contributed by atoms with Crippen LogP contribution in [0.3, 0.4) is 0 Å². The van der Waals surface area contributed by atoms with Crippen LogP contribution in [0.1, 0.15) is 47.0 Å². The quantitative estimate of drug-likeness (QED) is 0.663. The summed E-state index contributed by atoms with van der Waals surface area (Å²) in [6, 6.07) is 0. The van der Waals surface area contributed by atoms with Gasteiger partial charge in [0.15, 0.2) is 5.60 Å². The fourth-order valence-electron chi connectivity index (χ4n) is 3.21. The molecule has 0 aromatic heterocycles. The highest BCUT2D eigenvalue weighted by molar-refractivity contribution is 5.67. The van der Waals surface area contributed by atoms with Gasteiger partial charge in [0, 0.05) is 6.92 Å². The summed E-state index contributed by atoms with van der Waals surface area (Å²) < 4.78 is 32.5. The van der Waals surface area contributed by atoms with Crippen molar-refractivity contribution in [3.8, 4) is 0 Å². The van der Waals surface area contributed by atoms with Gasteiger partial charge >= 0.3 is 5.97 Å². The maximum Gasteiger partial charge on any atom is 0.303 e. The highest BCUT2D eigenvalue weighted by Gasteiger charge is 2.84. The molecule has 2 fully saturated rings. The zero-order chi connectivity index (χ0) is 13.1. The van der Waals surface area contributed by atoms with Gasteiger partial charge in [-0.25, -0.2) is 8.78 Å². The van der Waals surface area contributed by atoms with E-state index in [1.54, 1.807) is 0 Å². The van der Waals surface area contributed by atoms with Crippen molar-refractivity contribution < 1.29 is 18.3 Å². The molecule has 2 aliphatic rings. The first-order chi connectivity index (χ1) is 7.61. The molecule has 0 N–H and O–H groups in total. The van der Waals surface area contributed by atoms with Crippen molar-refractivity contribution in [2.45, 2.75) is 58.5 Å². The minimum Gasteiger partial charge on any atom is -0.452 e. The molecule has 0 amide bonds. The number of hydrogen-bond donors (Lipinski definition) is 0. The molecule has 0 heterocycles. The predicted molar refractivity (Wildman–Crippen MR) is 59.7 cm³/mol. The lowest BCUT2D eigenvalue weighted by molar-refractivity contribution is -0.157. The molecular weight excluding hydrogens is 226 g/mol. The molecule has 17 heavy (non-hydrogen) atoms. The minimum atomic E-state index is -2.82. The molecule has 3 unspecified atom stereocenters. The first-order valence-electron chi connectivity index (χ1n) is 6.18. The lowest BCUT2D eigenvalue weighted by Crippen LogP contribution is -2.33. The van der Waals surface area contributed by atoms with E-state index in [2.05, 4.69) is 20.8 Å². The second-order valence-corrected chi connectivity index (χ2v) is 6.50. The molecule has 2 rings (SSSR count). The van der Waals surface area contributed by atoms with Gasteiger partial charge in [0.2, 0.25) is 0 Å². The molecule has 98 valence electrons. The van der Waals surface area contributed by atoms with Crippen molar-refractivity contribution in [2.75, 3.05) is 0 Å². The monoisotopic (exact) mass is 246 g/mol. The minimum absolute atomic E-state index is 0.0427. The van der Waals surface area contributed by atoms with Gasteiger partial charge in [0.25, 0.3) is 5.92 Å². The van der Waals surface area contributed by atoms with Crippen LogP contribution in [0.15, 0.2) is 0 Å². The predicted octanol–water partition coefficient (Wildman–Crippen LogP) is 3.40. The zero-order valence-electron chi connectivity index (χ0n) is 10.8. The molecule has 0 bridgehead atoms. The maximum absolute atomic E-state index is 13.8. The van der Waals surface area contributed by atoms with Crippen molar-refractivity contribution in [3.63, 3.8) is 0 Å². The lowest BCUT2D eigenvalue weighted by Gasteiger charge is -2.35. The third kappa shape index (κ3) is 1.76. The fraction of sp³-hybridized carbons (Fsp3) is 0.923. The normalized spacial score (nSPS) is 39.4. The molecule has 0 saturated heterocycles. The number of esters is 1. The molecule has 0 aliphatic heterocycles. The Balaban J connectivity index is 2.13. The van der Waals surface area contributed by atoms with Crippen molar-refractivity contribution >= 4 is 5.97 Å². The number of carbonyl (C=O) groups is 1. The number of halogens is 2. The summed E-state index contributed by atoms with van der Waals surface area (Å²) in [6.45, 7) is 7.45. The summed E-state index contributed by atoms with van der Waals surface area (Å²) >= 11 is 0. The summed E-state index contributed by atoms with van der Waals surface area (Å²) in [7, 11) is 0. The van der Waals surface area contributed by atoms with E-state index in [4.69, 9.17) is 4.74 Å². The van der Waals surface area contributed by atoms with E-state index in [1.165, 1.54) is 6.92 Å². The van der Waals surface area contributed by atoms with Crippen molar-refractivity contribution in [2.24, 2.45) is 17.3 Å². The number of fused-ring (bicyclic) bond motifs is 1. The van der Waals surface area contributed by atoms with Gasteiger partial charge in [0.1, 0.15) is 0 Å². The van der Waals surface area contributed by atoms with Gasteiger partial charge in [-0.3, -0.25) is 4.79 Å². The maximum atomic E-state index is 13.8. The van der Waals surface area contributed by atoms with E-state index in [9.17, 15) is 13.6 Å². The van der Waals surface area contributed by atoms with E-state index in [0.717, 1.165) is 0 Å². The van der Waals surface area contributed by atoms with Crippen LogP contribution >= 0.6 is 0 Å². The molecule has 0 aromatic rings. The topological polar surface area (TPSA) is 26.3 Å². The molecule has 3 atom stereocenters. The van der Waals surface area contributed by atoms with Gasteiger partial charge in [-0.15, -0.1) is 0 Å². The largest absolute Gasteiger partial charge is 0.452 e. The van der Waals surface area contributed by atoms with Crippen LogP contribution in [0, 0.1) is 17.3 Å². The summed E-state index contributed by atoms with van der Waals surface area (Å²) in [4.78, 5) is 11.0. The smallest absolute Gasteiger partial charge is 0.303 e. The summed E-state index contributed by atoms with van der Waals surface area (Å²) in [5.41, 5.74) is -1.43. The molecule has 0 aromatic carbocycles. The highest BCUT2D eigenvalue weighted by Crippen LogP contribution is 2.69. The molecule has 2 aliphatic carbocycles. The van der Waals surface area contributed by atoms with Crippen LogP contribution in [0.2, 0.25) is 0 Å². The molecular formula is C13H20F2O2. The van der Waals surface area contributed by atoms with Crippen molar-refractivity contribution in [1.29, 1.82) is 0 Å². The highest BCUT2D eigenvalue weighted by atomic mass is 19.3. The van der Waals surface area contributed by atoms with Crippen molar-refractivity contribution in [3.05, 3.63) is 0 Å². The fourth-order valence-corrected chi connectivity index (χ4v) is 3.21. The number of rotatable bonds is 1. The van der Waals surface area contributed by atoms with Crippen LogP contribution in [0.5, 0.6) is 0 Å². The van der Waals surface area contributed by atoms with Gasteiger partial charge in [-0.2, -0.15) is 0 Å². The van der Waals surface area contributed by atoms with E-state index in [0.29, 0.717) is 19.3 Å². The van der Waals surface area contributed by atoms with Crippen LogP contribution in [-0.4, -0.2) is 17.5 Å². The second kappa shape index (κ2) is 3.42. The van der Waals surface area contributed by atoms with Crippen LogP contribution < -0.4 is 0 Å². The first-order valence-corrected chi connectivity index (χ1v) is 6.18. The Kier molecular flexibility index (Phi) is 2.57. The number of hydrogen-bond acceptors (Lipinski definition) is 2. The Labute approximate surface area is 101 Å². The molecule has 2 nitrogen and oxygen atoms in total. The van der Waals surface area contributed by atoms with E-state index in [-0.39, 0.29) is 11.3 Å². The average Bonchev–Trinajstić information content (AvgIpc) is 2.60. The van der Waals surface area contributed by atoms with E-state index in [1.807, 2.05) is 0 Å². The summed E-state index contributed by atoms with van der Waals surface area (Å²) in [6.07, 6.45) is 1.47. The Hall–Kier alpha value is -0.670. The zero-order valence-corrected chi connectivity index (χ0v) is 10.8. The Morgan fingerprint density at radius 3 is 2.35 bits per heavy atom. The average molecular weight is 246 g/mol. The SMILES string of the molecule is CC(=O)OC12CCC(C(C)(C)C)CC1C2(F)F. The Morgan fingerprint density at radius 1 is 1.35 bits per heavy atom. The Bertz CT molecular complexity index is 346. The van der Waals surface area contributed by atoms with Crippen LogP contribution in [0.25, 0.3) is 0 Å². The Morgan fingerprint density at radius 2 is 1.94 bits per heavy atom. The molecule has 4 heteroatoms. The van der Waals surface area contributed by atoms with E-state index >= 15 is 0 Å². The van der Waals surface area contributed by atoms with Crippen LogP contribution in [-0.2, 0) is 9.53 Å². The van der Waals surface area contributed by atoms with Gasteiger partial charge in [0.05, 0.1) is 5.92 Å². The van der Waals surface area contributed by atoms with Crippen molar-refractivity contribution in [1.82, 2.24) is 0 Å². The number of carbonyl (C=O) groups excluding carboxylic acids is 1. The first kappa shape index (κ1) is 12.8. The van der Waals surface area contributed by atoms with Crippen LogP contribution in [0.4, 0.5) is 8.78 Å². The molecule has 2 saturated carbocycles. The lowest BCUT2D eigenvalue weighted by atomic mass is 9.72. The third-order valence-corrected chi connectivity index (χ3v) is 4.42. The van der Waals surface area contributed by atoms with Gasteiger partial charge < -0.3 is 4.74 Å². The van der Waals surface area contributed by atoms with E-state index < -0.39 is 23.4 Å². The molecule has 0 radical (unpaired) electrons. The summed E-state index contributed by atoms with van der Waals surface area (Å²) in [5, 5.41) is 0. The second-order valence-electron chi connectivity index (χ2n) is 6.50. The number of ether oxygens (including phenoxy) is 1.